The van der Waals surface area contributed by atoms with Crippen molar-refractivity contribution in [3.8, 4) is 0 Å². The number of hydrogen-bond acceptors (Lipinski definition) is 4. The topological polar surface area (TPSA) is 34.6 Å². The largest absolute Gasteiger partial charge is 0.377 e. The van der Waals surface area contributed by atoms with E-state index in [0.29, 0.717) is 13.2 Å². The Labute approximate surface area is 142 Å². The number of allylic oxidation sites excluding steroid dienone is 1. The van der Waals surface area contributed by atoms with Crippen LogP contribution in [0.25, 0.3) is 6.08 Å². The number of fused-ring (bicyclic) bond motifs is 1. The van der Waals surface area contributed by atoms with Crippen molar-refractivity contribution in [3.05, 3.63) is 65.5 Å². The van der Waals surface area contributed by atoms with Crippen LogP contribution in [0.1, 0.15) is 16.8 Å². The van der Waals surface area contributed by atoms with Crippen LogP contribution in [0.5, 0.6) is 0 Å². The Kier molecular flexibility index (Phi) is 4.58. The van der Waals surface area contributed by atoms with E-state index >= 15 is 0 Å². The second-order valence-corrected chi connectivity index (χ2v) is 6.28. The highest BCUT2D eigenvalue weighted by molar-refractivity contribution is 5.63. The van der Waals surface area contributed by atoms with Crippen LogP contribution in [0.3, 0.4) is 0 Å². The highest BCUT2D eigenvalue weighted by Crippen LogP contribution is 2.24. The summed E-state index contributed by atoms with van der Waals surface area (Å²) in [5.74, 6) is 0. The number of rotatable bonds is 4. The molecule has 1 aliphatic carbocycles. The van der Waals surface area contributed by atoms with E-state index in [-0.39, 0.29) is 6.10 Å². The van der Waals surface area contributed by atoms with Gasteiger partial charge in [-0.05, 0) is 17.2 Å². The molecule has 0 spiro atoms. The van der Waals surface area contributed by atoms with Crippen LogP contribution in [-0.4, -0.2) is 37.4 Å². The quantitative estimate of drug-likeness (QED) is 0.866. The normalized spacial score (nSPS) is 20.0. The molecule has 0 radical (unpaired) electrons. The zero-order valence-electron chi connectivity index (χ0n) is 13.7. The van der Waals surface area contributed by atoms with E-state index in [4.69, 9.17) is 9.47 Å². The van der Waals surface area contributed by atoms with Gasteiger partial charge in [0.25, 0.3) is 0 Å². The molecule has 1 aromatic carbocycles. The van der Waals surface area contributed by atoms with Crippen LogP contribution in [0.15, 0.2) is 48.7 Å². The number of hydrogen-bond donors (Lipinski definition) is 0. The van der Waals surface area contributed by atoms with Gasteiger partial charge in [-0.1, -0.05) is 42.5 Å². The number of ether oxygens (including phenoxy) is 2. The lowest BCUT2D eigenvalue weighted by molar-refractivity contribution is -0.00795. The van der Waals surface area contributed by atoms with E-state index in [2.05, 4.69) is 40.2 Å². The van der Waals surface area contributed by atoms with Gasteiger partial charge >= 0.3 is 0 Å². The van der Waals surface area contributed by atoms with Crippen LogP contribution in [0.4, 0.5) is 5.69 Å². The fourth-order valence-electron chi connectivity index (χ4n) is 3.19. The van der Waals surface area contributed by atoms with Gasteiger partial charge in [0.2, 0.25) is 0 Å². The predicted octanol–water partition coefficient (Wildman–Crippen LogP) is 3.07. The first kappa shape index (κ1) is 15.4. The molecule has 1 aliphatic heterocycles. The van der Waals surface area contributed by atoms with Gasteiger partial charge in [-0.25, -0.2) is 0 Å². The second kappa shape index (κ2) is 7.16. The highest BCUT2D eigenvalue weighted by atomic mass is 16.5. The molecule has 0 N–H and O–H groups in total. The van der Waals surface area contributed by atoms with Crippen molar-refractivity contribution in [1.29, 1.82) is 0 Å². The minimum absolute atomic E-state index is 0.0662. The number of anilines is 1. The minimum Gasteiger partial charge on any atom is -0.377 e. The molecule has 0 amide bonds. The van der Waals surface area contributed by atoms with E-state index in [0.717, 1.165) is 31.8 Å². The second-order valence-electron chi connectivity index (χ2n) is 6.28. The number of benzene rings is 1. The molecule has 2 aromatic rings. The van der Waals surface area contributed by atoms with Gasteiger partial charge in [0, 0.05) is 19.5 Å². The fraction of sp³-hybridized carbons (Fsp3) is 0.350. The summed E-state index contributed by atoms with van der Waals surface area (Å²) < 4.78 is 11.8. The van der Waals surface area contributed by atoms with Crippen LogP contribution in [0, 0.1) is 0 Å². The summed E-state index contributed by atoms with van der Waals surface area (Å²) in [4.78, 5) is 6.92. The standard InChI is InChI=1S/C20H22N2O2/c1-2-5-16(6-3-1)14-24-19-13-22(9-10-23-15-19)18-11-17-7-4-8-20(17)21-12-18/h1-7,11-12,19H,8-10,13-15H2. The Morgan fingerprint density at radius 3 is 3.08 bits per heavy atom. The first-order valence-corrected chi connectivity index (χ1v) is 8.52. The Morgan fingerprint density at radius 1 is 1.25 bits per heavy atom. The third kappa shape index (κ3) is 3.50. The lowest BCUT2D eigenvalue weighted by atomic mass is 10.2. The fourth-order valence-corrected chi connectivity index (χ4v) is 3.19. The average molecular weight is 322 g/mol. The lowest BCUT2D eigenvalue weighted by Gasteiger charge is -2.25. The Bertz CT molecular complexity index is 715. The first-order chi connectivity index (χ1) is 11.9. The lowest BCUT2D eigenvalue weighted by Crippen LogP contribution is -2.34. The van der Waals surface area contributed by atoms with Crippen molar-refractivity contribution >= 4 is 11.8 Å². The molecule has 2 aliphatic rings. The van der Waals surface area contributed by atoms with Crippen molar-refractivity contribution < 1.29 is 9.47 Å². The highest BCUT2D eigenvalue weighted by Gasteiger charge is 2.21. The zero-order valence-corrected chi connectivity index (χ0v) is 13.7. The molecule has 1 fully saturated rings. The molecule has 1 unspecified atom stereocenters. The Balaban J connectivity index is 1.43. The number of nitrogens with zero attached hydrogens (tertiary/aromatic N) is 2. The van der Waals surface area contributed by atoms with Crippen LogP contribution in [0.2, 0.25) is 0 Å². The summed E-state index contributed by atoms with van der Waals surface area (Å²) in [5.41, 5.74) is 4.75. The van der Waals surface area contributed by atoms with E-state index in [1.807, 2.05) is 24.4 Å². The monoisotopic (exact) mass is 322 g/mol. The van der Waals surface area contributed by atoms with Gasteiger partial charge < -0.3 is 14.4 Å². The molecule has 24 heavy (non-hydrogen) atoms. The molecular weight excluding hydrogens is 300 g/mol. The average Bonchev–Trinajstić information content (AvgIpc) is 2.97. The predicted molar refractivity (Wildman–Crippen MR) is 95.0 cm³/mol. The van der Waals surface area contributed by atoms with Gasteiger partial charge in [-0.3, -0.25) is 4.98 Å². The molecule has 0 bridgehead atoms. The maximum absolute atomic E-state index is 6.09. The summed E-state index contributed by atoms with van der Waals surface area (Å²) in [6.07, 6.45) is 7.31. The molecule has 1 aromatic heterocycles. The van der Waals surface area contributed by atoms with Gasteiger partial charge in [0.15, 0.2) is 0 Å². The number of pyridine rings is 1. The molecule has 4 heteroatoms. The van der Waals surface area contributed by atoms with Gasteiger partial charge in [-0.15, -0.1) is 0 Å². The molecule has 1 atom stereocenters. The van der Waals surface area contributed by atoms with E-state index in [9.17, 15) is 0 Å². The van der Waals surface area contributed by atoms with E-state index in [1.165, 1.54) is 16.8 Å². The first-order valence-electron chi connectivity index (χ1n) is 8.52. The third-order valence-corrected chi connectivity index (χ3v) is 4.52. The maximum Gasteiger partial charge on any atom is 0.0987 e. The molecule has 124 valence electrons. The molecule has 4 rings (SSSR count). The van der Waals surface area contributed by atoms with Crippen molar-refractivity contribution in [3.63, 3.8) is 0 Å². The molecule has 1 saturated heterocycles. The minimum atomic E-state index is 0.0662. The smallest absolute Gasteiger partial charge is 0.0987 e. The molecule has 2 heterocycles. The Morgan fingerprint density at radius 2 is 2.17 bits per heavy atom. The summed E-state index contributed by atoms with van der Waals surface area (Å²) in [7, 11) is 0. The summed E-state index contributed by atoms with van der Waals surface area (Å²) >= 11 is 0. The van der Waals surface area contributed by atoms with E-state index < -0.39 is 0 Å². The van der Waals surface area contributed by atoms with Gasteiger partial charge in [-0.2, -0.15) is 0 Å². The summed E-state index contributed by atoms with van der Waals surface area (Å²) in [5, 5.41) is 0. The Hall–Kier alpha value is -2.17. The summed E-state index contributed by atoms with van der Waals surface area (Å²) in [6.45, 7) is 3.68. The maximum atomic E-state index is 6.09. The molecule has 0 saturated carbocycles. The SMILES string of the molecule is C1=Cc2cc(N3CCOCC(OCc4ccccc4)C3)cnc2C1. The van der Waals surface area contributed by atoms with Gasteiger partial charge in [0.1, 0.15) is 0 Å². The number of aromatic nitrogens is 1. The summed E-state index contributed by atoms with van der Waals surface area (Å²) in [6, 6.07) is 12.5. The van der Waals surface area contributed by atoms with Gasteiger partial charge in [0.05, 0.1) is 43.5 Å². The van der Waals surface area contributed by atoms with Crippen molar-refractivity contribution in [2.24, 2.45) is 0 Å². The van der Waals surface area contributed by atoms with Crippen molar-refractivity contribution in [2.45, 2.75) is 19.1 Å². The van der Waals surface area contributed by atoms with E-state index in [1.54, 1.807) is 0 Å². The zero-order chi connectivity index (χ0) is 16.2. The van der Waals surface area contributed by atoms with Crippen LogP contribution >= 0.6 is 0 Å². The van der Waals surface area contributed by atoms with Crippen LogP contribution < -0.4 is 4.90 Å². The van der Waals surface area contributed by atoms with Crippen molar-refractivity contribution in [1.82, 2.24) is 4.98 Å². The van der Waals surface area contributed by atoms with Crippen molar-refractivity contribution in [2.75, 3.05) is 31.2 Å². The molecule has 4 nitrogen and oxygen atoms in total. The molecular formula is C20H22N2O2. The third-order valence-electron chi connectivity index (χ3n) is 4.52. The van der Waals surface area contributed by atoms with Crippen LogP contribution in [-0.2, 0) is 22.5 Å².